The topological polar surface area (TPSA) is 31.2 Å². The van der Waals surface area contributed by atoms with Crippen molar-refractivity contribution in [2.24, 2.45) is 20.0 Å². The van der Waals surface area contributed by atoms with E-state index in [0.717, 1.165) is 40.5 Å². The molecule has 128 valence electrons. The molecule has 25 heavy (non-hydrogen) atoms. The molecule has 1 aliphatic heterocycles. The highest BCUT2D eigenvalue weighted by Crippen LogP contribution is 2.51. The first-order valence-corrected chi connectivity index (χ1v) is 9.54. The second-order valence-corrected chi connectivity index (χ2v) is 8.28. The summed E-state index contributed by atoms with van der Waals surface area (Å²) in [7, 11) is 4.13. The van der Waals surface area contributed by atoms with Crippen LogP contribution < -0.4 is 9.30 Å². The summed E-state index contributed by atoms with van der Waals surface area (Å²) < 4.78 is 18.2. The highest BCUT2D eigenvalue weighted by atomic mass is 32.1. The molecule has 5 heterocycles. The molecular weight excluding hydrogens is 332 g/mol. The van der Waals surface area contributed by atoms with E-state index in [1.54, 1.807) is 11.3 Å². The number of furan rings is 1. The van der Waals surface area contributed by atoms with Gasteiger partial charge in [-0.15, -0.1) is 11.3 Å². The Morgan fingerprint density at radius 3 is 2.88 bits per heavy atom. The van der Waals surface area contributed by atoms with E-state index < -0.39 is 0 Å². The Morgan fingerprint density at radius 2 is 2.12 bits per heavy atom. The fourth-order valence-corrected chi connectivity index (χ4v) is 5.05. The third-order valence-corrected chi connectivity index (χ3v) is 6.07. The van der Waals surface area contributed by atoms with Gasteiger partial charge in [0.25, 0.3) is 5.69 Å². The molecule has 4 nitrogen and oxygen atoms in total. The Bertz CT molecular complexity index is 1160. The molecule has 0 aromatic carbocycles. The molecule has 1 aliphatic rings. The van der Waals surface area contributed by atoms with Crippen LogP contribution in [0.25, 0.3) is 32.6 Å². The van der Waals surface area contributed by atoms with Gasteiger partial charge >= 0.3 is 0 Å². The van der Waals surface area contributed by atoms with Crippen LogP contribution in [0, 0.1) is 12.8 Å². The van der Waals surface area contributed by atoms with Gasteiger partial charge in [-0.3, -0.25) is 0 Å². The molecule has 4 aromatic rings. The molecule has 0 saturated heterocycles. The van der Waals surface area contributed by atoms with E-state index in [4.69, 9.17) is 9.15 Å². The van der Waals surface area contributed by atoms with Crippen molar-refractivity contribution in [2.45, 2.75) is 27.2 Å². The van der Waals surface area contributed by atoms with Gasteiger partial charge in [0.15, 0.2) is 5.75 Å². The Hall–Kier alpha value is -2.27. The number of fused-ring (bicyclic) bond motifs is 3. The number of thiophene rings is 1. The maximum atomic E-state index is 6.48. The first kappa shape index (κ1) is 15.0. The number of pyridine rings is 1. The van der Waals surface area contributed by atoms with E-state index in [9.17, 15) is 0 Å². The van der Waals surface area contributed by atoms with E-state index in [-0.39, 0.29) is 0 Å². The van der Waals surface area contributed by atoms with Crippen LogP contribution >= 0.6 is 11.3 Å². The first-order valence-electron chi connectivity index (χ1n) is 8.66. The van der Waals surface area contributed by atoms with Gasteiger partial charge in [0, 0.05) is 18.7 Å². The molecule has 0 unspecified atom stereocenters. The molecule has 0 atom stereocenters. The van der Waals surface area contributed by atoms with Gasteiger partial charge in [0.2, 0.25) is 17.0 Å². The van der Waals surface area contributed by atoms with E-state index in [2.05, 4.69) is 36.9 Å². The minimum atomic E-state index is 0.563. The predicted molar refractivity (Wildman–Crippen MR) is 101 cm³/mol. The Balaban J connectivity index is 1.96. The molecule has 0 saturated carbocycles. The minimum absolute atomic E-state index is 0.563. The van der Waals surface area contributed by atoms with Crippen molar-refractivity contribution in [1.29, 1.82) is 0 Å². The largest absolute Gasteiger partial charge is 0.448 e. The van der Waals surface area contributed by atoms with Gasteiger partial charge in [0.05, 0.1) is 11.6 Å². The molecule has 4 aromatic heterocycles. The number of aryl methyl sites for hydroxylation is 3. The lowest BCUT2D eigenvalue weighted by Gasteiger charge is -2.19. The molecule has 5 heteroatoms. The Kier molecular flexibility index (Phi) is 2.93. The standard InChI is InChI=1S/C20H21N2O2S/c1-10(2)8-12-18-17(22(5)13-6-7-25-19(12)13)15-11(3)23-20-16(15)14(24-18)9-21(20)4/h6-7,9-10H,8H2,1-5H3/q+1. The van der Waals surface area contributed by atoms with E-state index >= 15 is 0 Å². The minimum Gasteiger partial charge on any atom is -0.448 e. The lowest BCUT2D eigenvalue weighted by molar-refractivity contribution is -0.633. The molecule has 0 fully saturated rings. The molecule has 0 aliphatic carbocycles. The summed E-state index contributed by atoms with van der Waals surface area (Å²) in [5.41, 5.74) is 5.76. The quantitative estimate of drug-likeness (QED) is 0.414. The summed E-state index contributed by atoms with van der Waals surface area (Å²) >= 11 is 1.80. The Morgan fingerprint density at radius 1 is 1.32 bits per heavy atom. The van der Waals surface area contributed by atoms with Crippen LogP contribution in [-0.2, 0) is 20.5 Å². The van der Waals surface area contributed by atoms with Gasteiger partial charge in [-0.25, -0.2) is 0 Å². The van der Waals surface area contributed by atoms with Crippen molar-refractivity contribution in [3.05, 3.63) is 29.0 Å². The zero-order chi connectivity index (χ0) is 17.5. The SMILES string of the molecule is Cc1oc2c3c(cn2C)Oc2c(CC(C)C)c4sccc4[n+](C)c2-c13. The van der Waals surface area contributed by atoms with Gasteiger partial charge in [0.1, 0.15) is 23.1 Å². The summed E-state index contributed by atoms with van der Waals surface area (Å²) in [6.45, 7) is 6.57. The summed E-state index contributed by atoms with van der Waals surface area (Å²) in [5.74, 6) is 3.41. The smallest absolute Gasteiger partial charge is 0.260 e. The summed E-state index contributed by atoms with van der Waals surface area (Å²) in [5, 5.41) is 3.26. The average molecular weight is 353 g/mol. The predicted octanol–water partition coefficient (Wildman–Crippen LogP) is 5.09. The molecular formula is C20H21N2O2S+. The maximum absolute atomic E-state index is 6.48. The highest BCUT2D eigenvalue weighted by molar-refractivity contribution is 7.17. The highest BCUT2D eigenvalue weighted by Gasteiger charge is 2.37. The second-order valence-electron chi connectivity index (χ2n) is 7.37. The van der Waals surface area contributed by atoms with Crippen LogP contribution in [0.3, 0.4) is 0 Å². The summed E-state index contributed by atoms with van der Waals surface area (Å²) in [6, 6.07) is 2.21. The summed E-state index contributed by atoms with van der Waals surface area (Å²) in [6.07, 6.45) is 3.03. The molecule has 0 amide bonds. The van der Waals surface area contributed by atoms with Crippen LogP contribution in [0.15, 0.2) is 22.1 Å². The van der Waals surface area contributed by atoms with Crippen LogP contribution in [0.2, 0.25) is 0 Å². The van der Waals surface area contributed by atoms with Crippen LogP contribution in [0.4, 0.5) is 0 Å². The Labute approximate surface area is 150 Å². The van der Waals surface area contributed by atoms with Crippen LogP contribution in [-0.4, -0.2) is 4.57 Å². The number of rotatable bonds is 2. The third-order valence-electron chi connectivity index (χ3n) is 5.11. The van der Waals surface area contributed by atoms with Crippen LogP contribution in [0.1, 0.15) is 25.2 Å². The van der Waals surface area contributed by atoms with Gasteiger partial charge in [-0.1, -0.05) is 13.8 Å². The van der Waals surface area contributed by atoms with Crippen molar-refractivity contribution in [1.82, 2.24) is 4.57 Å². The summed E-state index contributed by atoms with van der Waals surface area (Å²) in [4.78, 5) is 0. The first-order chi connectivity index (χ1) is 12.0. The lowest BCUT2D eigenvalue weighted by atomic mass is 9.96. The molecule has 0 spiro atoms. The van der Waals surface area contributed by atoms with Crippen LogP contribution in [0.5, 0.6) is 11.5 Å². The molecule has 0 radical (unpaired) electrons. The van der Waals surface area contributed by atoms with Gasteiger partial charge in [-0.05, 0) is 24.6 Å². The third kappa shape index (κ3) is 1.84. The van der Waals surface area contributed by atoms with Crippen molar-refractivity contribution >= 4 is 32.7 Å². The van der Waals surface area contributed by atoms with E-state index in [1.165, 1.54) is 21.3 Å². The van der Waals surface area contributed by atoms with Gasteiger partial charge < -0.3 is 13.7 Å². The number of ether oxygens (including phenoxy) is 1. The second kappa shape index (κ2) is 4.88. The maximum Gasteiger partial charge on any atom is 0.260 e. The van der Waals surface area contributed by atoms with E-state index in [1.807, 2.05) is 24.7 Å². The fourth-order valence-electron chi connectivity index (χ4n) is 4.07. The molecule has 5 rings (SSSR count). The number of aromatic nitrogens is 2. The average Bonchev–Trinajstić information content (AvgIpc) is 3.23. The van der Waals surface area contributed by atoms with Crippen molar-refractivity contribution in [2.75, 3.05) is 0 Å². The zero-order valence-electron chi connectivity index (χ0n) is 15.1. The monoisotopic (exact) mass is 353 g/mol. The number of hydrogen-bond acceptors (Lipinski definition) is 3. The molecule has 0 N–H and O–H groups in total. The fraction of sp³-hybridized carbons (Fsp3) is 0.350. The number of hydrogen-bond donors (Lipinski definition) is 0. The van der Waals surface area contributed by atoms with Crippen molar-refractivity contribution in [3.63, 3.8) is 0 Å². The number of nitrogens with zero attached hydrogens (tertiary/aromatic N) is 2. The molecule has 0 bridgehead atoms. The zero-order valence-corrected chi connectivity index (χ0v) is 16.0. The van der Waals surface area contributed by atoms with Crippen molar-refractivity contribution in [3.8, 4) is 22.8 Å². The normalized spacial score (nSPS) is 13.0. The van der Waals surface area contributed by atoms with E-state index in [0.29, 0.717) is 5.92 Å². The van der Waals surface area contributed by atoms with Gasteiger partial charge in [-0.2, -0.15) is 4.57 Å². The van der Waals surface area contributed by atoms with Crippen molar-refractivity contribution < 1.29 is 13.7 Å². The lowest BCUT2D eigenvalue weighted by Crippen LogP contribution is -2.33.